The van der Waals surface area contributed by atoms with Crippen LogP contribution in [-0.4, -0.2) is 51.7 Å². The van der Waals surface area contributed by atoms with Crippen LogP contribution in [0, 0.1) is 10.8 Å². The number of hydrogen-bond acceptors (Lipinski definition) is 6. The largest absolute Gasteiger partial charge is 0.481 e. The van der Waals surface area contributed by atoms with E-state index in [9.17, 15) is 14.4 Å². The molecule has 182 valence electrons. The number of rotatable bonds is 2. The van der Waals surface area contributed by atoms with Gasteiger partial charge in [-0.25, -0.2) is 19.7 Å². The lowest BCUT2D eigenvalue weighted by molar-refractivity contribution is -0.139. The van der Waals surface area contributed by atoms with Gasteiger partial charge in [0.25, 0.3) is 0 Å². The zero-order valence-electron chi connectivity index (χ0n) is 19.5. The standard InChI is InChI=1S/C9H14N2O.C7H6N4O.C6H12O2.CH4/c1-9(2,3)6-8(12)11-5-4-10-7-11;12-7(10-3-1-8-5-10)11-4-2-9-6-11;1-6(2,3)4-5(7)8;/h4-5,7H,6H2,1-3H3;1-6H;4H2,1-3H3,(H,7,8);1H4. The summed E-state index contributed by atoms with van der Waals surface area (Å²) in [7, 11) is 0. The van der Waals surface area contributed by atoms with Crippen LogP contribution >= 0.6 is 0 Å². The average Bonchev–Trinajstić information content (AvgIpc) is 3.42. The molecule has 0 bridgehead atoms. The first-order valence-electron chi connectivity index (χ1n) is 10.0. The third-order valence-electron chi connectivity index (χ3n) is 3.61. The molecule has 3 heterocycles. The minimum Gasteiger partial charge on any atom is -0.481 e. The van der Waals surface area contributed by atoms with Crippen LogP contribution in [0.2, 0.25) is 0 Å². The Morgan fingerprint density at radius 3 is 1.30 bits per heavy atom. The second kappa shape index (κ2) is 13.1. The fourth-order valence-corrected chi connectivity index (χ4v) is 2.28. The summed E-state index contributed by atoms with van der Waals surface area (Å²) in [5.74, 6) is -0.627. The molecule has 3 rings (SSSR count). The third-order valence-corrected chi connectivity index (χ3v) is 3.61. The van der Waals surface area contributed by atoms with Crippen molar-refractivity contribution in [3.63, 3.8) is 0 Å². The van der Waals surface area contributed by atoms with E-state index < -0.39 is 5.97 Å². The quantitative estimate of drug-likeness (QED) is 0.587. The highest BCUT2D eigenvalue weighted by molar-refractivity contribution is 5.79. The molecule has 3 aromatic rings. The Hall–Kier alpha value is -3.56. The van der Waals surface area contributed by atoms with Crippen molar-refractivity contribution in [1.82, 2.24) is 28.7 Å². The van der Waals surface area contributed by atoms with Crippen molar-refractivity contribution in [2.45, 2.75) is 61.8 Å². The van der Waals surface area contributed by atoms with E-state index >= 15 is 0 Å². The van der Waals surface area contributed by atoms with Gasteiger partial charge in [0, 0.05) is 43.6 Å². The molecule has 0 aliphatic rings. The van der Waals surface area contributed by atoms with E-state index in [1.54, 1.807) is 37.2 Å². The van der Waals surface area contributed by atoms with Crippen LogP contribution in [0.1, 0.15) is 66.6 Å². The fourth-order valence-electron chi connectivity index (χ4n) is 2.28. The molecule has 10 nitrogen and oxygen atoms in total. The minimum atomic E-state index is -0.725. The number of aliphatic carboxylic acids is 1. The lowest BCUT2D eigenvalue weighted by Gasteiger charge is -2.16. The molecular formula is C23H36N6O4. The molecule has 10 heteroatoms. The summed E-state index contributed by atoms with van der Waals surface area (Å²) in [5.41, 5.74) is -0.0345. The van der Waals surface area contributed by atoms with E-state index in [4.69, 9.17) is 5.11 Å². The zero-order valence-corrected chi connectivity index (χ0v) is 19.5. The molecule has 0 aliphatic carbocycles. The van der Waals surface area contributed by atoms with Crippen LogP contribution < -0.4 is 0 Å². The first kappa shape index (κ1) is 29.4. The summed E-state index contributed by atoms with van der Waals surface area (Å²) < 4.78 is 4.27. The van der Waals surface area contributed by atoms with Crippen LogP contribution in [0.25, 0.3) is 0 Å². The highest BCUT2D eigenvalue weighted by Crippen LogP contribution is 2.19. The Kier molecular flexibility index (Phi) is 11.7. The second-order valence-electron chi connectivity index (χ2n) is 9.45. The summed E-state index contributed by atoms with van der Waals surface area (Å²) >= 11 is 0. The smallest absolute Gasteiger partial charge is 0.338 e. The first-order chi connectivity index (χ1) is 14.8. The van der Waals surface area contributed by atoms with Crippen LogP contribution in [-0.2, 0) is 4.79 Å². The Labute approximate surface area is 195 Å². The van der Waals surface area contributed by atoms with Crippen molar-refractivity contribution in [3.8, 4) is 0 Å². The van der Waals surface area contributed by atoms with Crippen molar-refractivity contribution < 1.29 is 19.5 Å². The monoisotopic (exact) mass is 460 g/mol. The van der Waals surface area contributed by atoms with E-state index in [1.165, 1.54) is 32.7 Å². The van der Waals surface area contributed by atoms with Gasteiger partial charge in [0.15, 0.2) is 0 Å². The number of carboxylic acid groups (broad SMARTS) is 1. The molecule has 0 atom stereocenters. The van der Waals surface area contributed by atoms with Crippen LogP contribution in [0.15, 0.2) is 56.2 Å². The van der Waals surface area contributed by atoms with E-state index in [2.05, 4.69) is 15.0 Å². The normalized spacial score (nSPS) is 10.6. The summed E-state index contributed by atoms with van der Waals surface area (Å²) in [5, 5.41) is 8.25. The molecule has 0 spiro atoms. The molecule has 33 heavy (non-hydrogen) atoms. The Bertz CT molecular complexity index is 912. The summed E-state index contributed by atoms with van der Waals surface area (Å²) in [4.78, 5) is 44.2. The Balaban J connectivity index is 0.000000471. The number of carboxylic acids is 1. The lowest BCUT2D eigenvalue weighted by Crippen LogP contribution is -2.17. The number of hydrogen-bond donors (Lipinski definition) is 1. The summed E-state index contributed by atoms with van der Waals surface area (Å²) in [6, 6.07) is -0.190. The van der Waals surface area contributed by atoms with Crippen molar-refractivity contribution in [3.05, 3.63) is 56.2 Å². The van der Waals surface area contributed by atoms with Crippen molar-refractivity contribution in [2.75, 3.05) is 0 Å². The molecule has 1 N–H and O–H groups in total. The van der Waals surface area contributed by atoms with Gasteiger partial charge in [-0.3, -0.25) is 23.3 Å². The maximum absolute atomic E-state index is 11.4. The molecule has 0 saturated carbocycles. The third kappa shape index (κ3) is 12.8. The van der Waals surface area contributed by atoms with Crippen molar-refractivity contribution in [1.29, 1.82) is 0 Å². The second-order valence-corrected chi connectivity index (χ2v) is 9.45. The SMILES string of the molecule is C.CC(C)(C)CC(=O)O.CC(C)(C)CC(=O)n1ccnc1.O=C(n1ccnc1)n1ccnc1. The van der Waals surface area contributed by atoms with Gasteiger partial charge in [-0.05, 0) is 10.8 Å². The number of aromatic nitrogens is 6. The summed E-state index contributed by atoms with van der Waals surface area (Å²) in [6.45, 7) is 11.8. The van der Waals surface area contributed by atoms with Gasteiger partial charge in [-0.2, -0.15) is 0 Å². The average molecular weight is 461 g/mol. The Morgan fingerprint density at radius 2 is 1.06 bits per heavy atom. The van der Waals surface area contributed by atoms with Crippen LogP contribution in [0.3, 0.4) is 0 Å². The van der Waals surface area contributed by atoms with Crippen molar-refractivity contribution in [2.24, 2.45) is 10.8 Å². The molecule has 0 fully saturated rings. The van der Waals surface area contributed by atoms with Gasteiger partial charge in [-0.15, -0.1) is 0 Å². The van der Waals surface area contributed by atoms with Crippen molar-refractivity contribution >= 4 is 17.9 Å². The maximum Gasteiger partial charge on any atom is 0.338 e. The number of imidazole rings is 3. The topological polar surface area (TPSA) is 125 Å². The lowest BCUT2D eigenvalue weighted by atomic mass is 9.92. The molecule has 0 unspecified atom stereocenters. The van der Waals surface area contributed by atoms with Gasteiger partial charge in [0.2, 0.25) is 5.91 Å². The molecule has 0 saturated heterocycles. The molecular weight excluding hydrogens is 424 g/mol. The summed E-state index contributed by atoms with van der Waals surface area (Å²) in [6.07, 6.45) is 14.8. The number of carbonyl (C=O) groups is 3. The molecule has 3 aromatic heterocycles. The van der Waals surface area contributed by atoms with Crippen LogP contribution in [0.4, 0.5) is 4.79 Å². The van der Waals surface area contributed by atoms with E-state index in [0.29, 0.717) is 6.42 Å². The first-order valence-corrected chi connectivity index (χ1v) is 10.0. The number of nitrogens with zero attached hydrogens (tertiary/aromatic N) is 6. The van der Waals surface area contributed by atoms with Crippen LogP contribution in [0.5, 0.6) is 0 Å². The van der Waals surface area contributed by atoms with Gasteiger partial charge in [0.05, 0.1) is 6.42 Å². The Morgan fingerprint density at radius 1 is 0.697 bits per heavy atom. The van der Waals surface area contributed by atoms with Gasteiger partial charge in [0.1, 0.15) is 19.0 Å². The van der Waals surface area contributed by atoms with Gasteiger partial charge in [-0.1, -0.05) is 49.0 Å². The molecule has 0 amide bonds. The van der Waals surface area contributed by atoms with E-state index in [-0.39, 0.29) is 36.6 Å². The number of carbonyl (C=O) groups excluding carboxylic acids is 2. The fraction of sp³-hybridized carbons (Fsp3) is 0.478. The van der Waals surface area contributed by atoms with Gasteiger partial charge >= 0.3 is 12.0 Å². The molecule has 0 aliphatic heterocycles. The molecule has 0 radical (unpaired) electrons. The van der Waals surface area contributed by atoms with Gasteiger partial charge < -0.3 is 5.11 Å². The zero-order chi connectivity index (χ0) is 24.4. The highest BCUT2D eigenvalue weighted by Gasteiger charge is 2.16. The highest BCUT2D eigenvalue weighted by atomic mass is 16.4. The maximum atomic E-state index is 11.4. The minimum absolute atomic E-state index is 0. The molecule has 0 aromatic carbocycles. The van der Waals surface area contributed by atoms with E-state index in [1.807, 2.05) is 41.5 Å². The predicted octanol–water partition coefficient (Wildman–Crippen LogP) is 4.70. The predicted molar refractivity (Wildman–Crippen MR) is 126 cm³/mol. The van der Waals surface area contributed by atoms with E-state index in [0.717, 1.165) is 0 Å².